The molecule has 322 valence electrons. The number of hydrogen-bond acceptors (Lipinski definition) is 11. The lowest BCUT2D eigenvalue weighted by atomic mass is 9.92. The zero-order valence-corrected chi connectivity index (χ0v) is 34.2. The van der Waals surface area contributed by atoms with Crippen LogP contribution in [-0.4, -0.2) is 119 Å². The normalized spacial score (nSPS) is 17.0. The third-order valence-corrected chi connectivity index (χ3v) is 9.27. The number of carboxylic acids is 2. The molecule has 0 aromatic rings. The van der Waals surface area contributed by atoms with E-state index in [2.05, 4.69) is 31.9 Å². The molecule has 0 radical (unpaired) electrons. The van der Waals surface area contributed by atoms with Crippen LogP contribution in [0.25, 0.3) is 0 Å². The minimum atomic E-state index is -1.50. The van der Waals surface area contributed by atoms with Crippen LogP contribution < -0.4 is 31.9 Å². The van der Waals surface area contributed by atoms with Gasteiger partial charge in [-0.1, -0.05) is 48.5 Å². The van der Waals surface area contributed by atoms with Gasteiger partial charge in [0.05, 0.1) is 30.5 Å². The number of nitrogens with one attached hydrogen (secondary N) is 6. The number of carboxylic acid groups (broad SMARTS) is 2. The van der Waals surface area contributed by atoms with E-state index in [0.717, 1.165) is 19.8 Å². The van der Waals surface area contributed by atoms with E-state index in [-0.39, 0.29) is 37.8 Å². The lowest BCUT2D eigenvalue weighted by molar-refractivity contribution is -0.143. The van der Waals surface area contributed by atoms with Gasteiger partial charge >= 0.3 is 11.9 Å². The zero-order valence-electron chi connectivity index (χ0n) is 34.2. The van der Waals surface area contributed by atoms with Crippen molar-refractivity contribution in [2.24, 2.45) is 23.7 Å². The molecule has 1 fully saturated rings. The molecule has 8 N–H and O–H groups in total. The smallest absolute Gasteiger partial charge is 0.304 e. The predicted octanol–water partition coefficient (Wildman–Crippen LogP) is -0.0224. The van der Waals surface area contributed by atoms with Crippen LogP contribution in [-0.2, 0) is 52.7 Å². The Balaban J connectivity index is 3.15. The van der Waals surface area contributed by atoms with Crippen LogP contribution in [0, 0.1) is 23.7 Å². The Bertz CT molecular complexity index is 1460. The standard InChI is InChI=1S/C38H62N6O13/c1-9-25(33(51)38(56)39-18-24-11-10-14-57-24)41-35(53)27(15-19(2)3)42-36(54)31(20(4)5)44-37(55)32(21(6)7)43-34(52)23(17-30(49)50)16-28(46)26(40-22(8)45)12-13-29(47)48/h19-21,23-27,31-32H,9-18H2,1-8H3,(H,39,56)(H,40,45)(H,41,53)(H,42,54)(H,43,52)(H,44,55)(H,47,48)(H,49,50)/t23-,24?,25-,26-,27-,31-,32-/m0/s1. The number of ether oxygens (including phenoxy) is 1. The number of carbonyl (C=O) groups is 10. The van der Waals surface area contributed by atoms with E-state index in [4.69, 9.17) is 9.84 Å². The summed E-state index contributed by atoms with van der Waals surface area (Å²) in [5, 5.41) is 33.7. The van der Waals surface area contributed by atoms with Crippen LogP contribution >= 0.6 is 0 Å². The van der Waals surface area contributed by atoms with E-state index in [0.29, 0.717) is 6.61 Å². The molecular formula is C38H62N6O13. The Labute approximate surface area is 333 Å². The van der Waals surface area contributed by atoms with Crippen molar-refractivity contribution in [3.8, 4) is 0 Å². The summed E-state index contributed by atoms with van der Waals surface area (Å²) in [5.74, 6) is -11.8. The molecule has 57 heavy (non-hydrogen) atoms. The number of amides is 6. The van der Waals surface area contributed by atoms with Crippen molar-refractivity contribution < 1.29 is 62.9 Å². The summed E-state index contributed by atoms with van der Waals surface area (Å²) in [6, 6.07) is -6.21. The van der Waals surface area contributed by atoms with Crippen molar-refractivity contribution in [2.75, 3.05) is 13.2 Å². The molecule has 1 unspecified atom stereocenters. The number of ketones is 2. The highest BCUT2D eigenvalue weighted by atomic mass is 16.5. The molecule has 0 aliphatic carbocycles. The highest BCUT2D eigenvalue weighted by Gasteiger charge is 2.36. The van der Waals surface area contributed by atoms with E-state index in [1.165, 1.54) is 0 Å². The van der Waals surface area contributed by atoms with E-state index in [1.807, 2.05) is 13.8 Å². The van der Waals surface area contributed by atoms with Gasteiger partial charge in [-0.05, 0) is 49.9 Å². The van der Waals surface area contributed by atoms with Crippen molar-refractivity contribution in [3.05, 3.63) is 0 Å². The van der Waals surface area contributed by atoms with Gasteiger partial charge in [0.2, 0.25) is 35.3 Å². The topological polar surface area (TPSA) is 293 Å². The van der Waals surface area contributed by atoms with Gasteiger partial charge in [-0.25, -0.2) is 0 Å². The van der Waals surface area contributed by atoms with Crippen molar-refractivity contribution in [2.45, 2.75) is 143 Å². The largest absolute Gasteiger partial charge is 0.481 e. The Hall–Kier alpha value is -4.94. The molecular weight excluding hydrogens is 748 g/mol. The minimum Gasteiger partial charge on any atom is -0.481 e. The first kappa shape index (κ1) is 50.1. The predicted molar refractivity (Wildman–Crippen MR) is 204 cm³/mol. The molecule has 19 nitrogen and oxygen atoms in total. The van der Waals surface area contributed by atoms with Gasteiger partial charge < -0.3 is 46.9 Å². The number of rotatable bonds is 26. The van der Waals surface area contributed by atoms with Crippen molar-refractivity contribution in [3.63, 3.8) is 0 Å². The third-order valence-electron chi connectivity index (χ3n) is 9.27. The van der Waals surface area contributed by atoms with E-state index < -0.39 is 126 Å². The van der Waals surface area contributed by atoms with Crippen molar-refractivity contribution in [1.82, 2.24) is 31.9 Å². The van der Waals surface area contributed by atoms with E-state index >= 15 is 0 Å². The molecule has 1 aliphatic heterocycles. The molecule has 1 rings (SSSR count). The van der Waals surface area contributed by atoms with Gasteiger partial charge in [-0.3, -0.25) is 47.9 Å². The van der Waals surface area contributed by atoms with Crippen LogP contribution in [0.1, 0.15) is 107 Å². The molecule has 1 aliphatic rings. The van der Waals surface area contributed by atoms with Crippen molar-refractivity contribution >= 4 is 58.9 Å². The second-order valence-electron chi connectivity index (χ2n) is 15.5. The lowest BCUT2D eigenvalue weighted by Crippen LogP contribution is -2.60. The summed E-state index contributed by atoms with van der Waals surface area (Å²) in [7, 11) is 0. The minimum absolute atomic E-state index is 0.0926. The Morgan fingerprint density at radius 1 is 0.684 bits per heavy atom. The van der Waals surface area contributed by atoms with Crippen LogP contribution in [0.4, 0.5) is 0 Å². The summed E-state index contributed by atoms with van der Waals surface area (Å²) in [5.41, 5.74) is 0. The first-order valence-corrected chi connectivity index (χ1v) is 19.5. The molecule has 7 atom stereocenters. The molecule has 0 aromatic carbocycles. The molecule has 0 aromatic heterocycles. The third kappa shape index (κ3) is 18.3. The molecule has 0 saturated carbocycles. The number of hydrogen-bond donors (Lipinski definition) is 8. The van der Waals surface area contributed by atoms with Gasteiger partial charge in [-0.2, -0.15) is 0 Å². The fraction of sp³-hybridized carbons (Fsp3) is 0.737. The summed E-state index contributed by atoms with van der Waals surface area (Å²) in [6.07, 6.45) is -0.647. The monoisotopic (exact) mass is 810 g/mol. The highest BCUT2D eigenvalue weighted by Crippen LogP contribution is 2.17. The first-order valence-electron chi connectivity index (χ1n) is 19.5. The second-order valence-corrected chi connectivity index (χ2v) is 15.5. The summed E-state index contributed by atoms with van der Waals surface area (Å²) >= 11 is 0. The van der Waals surface area contributed by atoms with Gasteiger partial charge in [-0.15, -0.1) is 0 Å². The molecule has 1 heterocycles. The number of Topliss-reactive ketones (excluding diaryl/α,β-unsaturated/α-hetero) is 2. The highest BCUT2D eigenvalue weighted by molar-refractivity contribution is 6.38. The van der Waals surface area contributed by atoms with Crippen LogP contribution in [0.2, 0.25) is 0 Å². The number of carbonyl (C=O) groups excluding carboxylic acids is 8. The Morgan fingerprint density at radius 3 is 1.72 bits per heavy atom. The molecule has 6 amide bonds. The fourth-order valence-corrected chi connectivity index (χ4v) is 6.11. The molecule has 0 bridgehead atoms. The average molecular weight is 811 g/mol. The van der Waals surface area contributed by atoms with E-state index in [9.17, 15) is 53.1 Å². The summed E-state index contributed by atoms with van der Waals surface area (Å²) < 4.78 is 5.47. The maximum atomic E-state index is 13.7. The van der Waals surface area contributed by atoms with Crippen LogP contribution in [0.3, 0.4) is 0 Å². The van der Waals surface area contributed by atoms with Gasteiger partial charge in [0, 0.05) is 32.9 Å². The molecule has 1 saturated heterocycles. The average Bonchev–Trinajstić information content (AvgIpc) is 3.64. The zero-order chi connectivity index (χ0) is 43.6. The van der Waals surface area contributed by atoms with Gasteiger partial charge in [0.15, 0.2) is 5.78 Å². The van der Waals surface area contributed by atoms with Gasteiger partial charge in [0.25, 0.3) is 5.91 Å². The SMILES string of the molecule is CC[C@H](NC(=O)[C@H](CC(C)C)NC(=O)[C@@H](NC(=O)[C@@H](NC(=O)[C@H](CC(=O)O)CC(=O)[C@H](CCC(=O)O)NC(C)=O)C(C)C)C(C)C)C(=O)C(=O)NCC1CCCO1. The number of aliphatic carboxylic acids is 2. The quantitative estimate of drug-likeness (QED) is 0.0534. The molecule has 19 heteroatoms. The molecule has 0 spiro atoms. The van der Waals surface area contributed by atoms with Crippen LogP contribution in [0.15, 0.2) is 0 Å². The van der Waals surface area contributed by atoms with Crippen LogP contribution in [0.5, 0.6) is 0 Å². The maximum Gasteiger partial charge on any atom is 0.304 e. The van der Waals surface area contributed by atoms with Crippen molar-refractivity contribution in [1.29, 1.82) is 0 Å². The fourth-order valence-electron chi connectivity index (χ4n) is 6.11. The second kappa shape index (κ2) is 24.6. The summed E-state index contributed by atoms with van der Waals surface area (Å²) in [6.45, 7) is 13.5. The Kier molecular flexibility index (Phi) is 21.6. The first-order chi connectivity index (χ1) is 26.6. The van der Waals surface area contributed by atoms with Gasteiger partial charge in [0.1, 0.15) is 18.1 Å². The summed E-state index contributed by atoms with van der Waals surface area (Å²) in [4.78, 5) is 127. The Morgan fingerprint density at radius 2 is 1.25 bits per heavy atom. The lowest BCUT2D eigenvalue weighted by Gasteiger charge is -2.30. The van der Waals surface area contributed by atoms with E-state index in [1.54, 1.807) is 34.6 Å². The maximum absolute atomic E-state index is 13.7.